The Balaban J connectivity index is 2.23. The highest BCUT2D eigenvalue weighted by atomic mass is 35.5. The van der Waals surface area contributed by atoms with E-state index in [9.17, 15) is 4.79 Å². The van der Waals surface area contributed by atoms with Gasteiger partial charge in [-0.1, -0.05) is 46.4 Å². The van der Waals surface area contributed by atoms with Crippen LogP contribution in [0.4, 0.5) is 0 Å². The van der Waals surface area contributed by atoms with Crippen LogP contribution in [-0.4, -0.2) is 15.9 Å². The normalized spacial score (nSPS) is 12.0. The van der Waals surface area contributed by atoms with Gasteiger partial charge in [0.05, 0.1) is 32.4 Å². The van der Waals surface area contributed by atoms with E-state index in [4.69, 9.17) is 46.4 Å². The first-order valence-corrected chi connectivity index (χ1v) is 7.33. The predicted molar refractivity (Wildman–Crippen MR) is 84.4 cm³/mol. The molecule has 2 aromatic rings. The lowest BCUT2D eigenvalue weighted by molar-refractivity contribution is 0.0939. The third-order valence-corrected chi connectivity index (χ3v) is 3.79. The average Bonchev–Trinajstić information content (AvgIpc) is 2.37. The summed E-state index contributed by atoms with van der Waals surface area (Å²) in [5.74, 6) is -0.460. The fourth-order valence-electron chi connectivity index (χ4n) is 1.70. The molecule has 21 heavy (non-hydrogen) atoms. The van der Waals surface area contributed by atoms with Crippen molar-refractivity contribution in [2.75, 3.05) is 0 Å². The first-order chi connectivity index (χ1) is 9.90. The molecule has 0 saturated carbocycles. The highest BCUT2D eigenvalue weighted by molar-refractivity contribution is 6.39. The molecule has 0 aliphatic heterocycles. The molecule has 4 nitrogen and oxygen atoms in total. The van der Waals surface area contributed by atoms with Crippen LogP contribution < -0.4 is 5.32 Å². The summed E-state index contributed by atoms with van der Waals surface area (Å²) < 4.78 is 0. The lowest BCUT2D eigenvalue weighted by Crippen LogP contribution is -2.28. The Morgan fingerprint density at radius 2 is 1.90 bits per heavy atom. The van der Waals surface area contributed by atoms with E-state index in [1.54, 1.807) is 13.0 Å². The van der Waals surface area contributed by atoms with Crippen LogP contribution in [0.1, 0.15) is 29.0 Å². The van der Waals surface area contributed by atoms with Crippen LogP contribution in [0.5, 0.6) is 0 Å². The minimum atomic E-state index is -0.460. The zero-order chi connectivity index (χ0) is 15.6. The Kier molecular flexibility index (Phi) is 5.27. The zero-order valence-electron chi connectivity index (χ0n) is 10.7. The largest absolute Gasteiger partial charge is 0.344 e. The molecule has 0 saturated heterocycles. The summed E-state index contributed by atoms with van der Waals surface area (Å²) in [7, 11) is 0. The van der Waals surface area contributed by atoms with E-state index < -0.39 is 11.9 Å². The van der Waals surface area contributed by atoms with E-state index in [-0.39, 0.29) is 15.7 Å². The molecule has 2 aromatic heterocycles. The molecule has 2 heterocycles. The number of hydrogen-bond donors (Lipinski definition) is 1. The summed E-state index contributed by atoms with van der Waals surface area (Å²) in [4.78, 5) is 20.2. The van der Waals surface area contributed by atoms with E-state index in [1.165, 1.54) is 18.5 Å². The van der Waals surface area contributed by atoms with Gasteiger partial charge in [0.25, 0.3) is 5.91 Å². The second-order valence-electron chi connectivity index (χ2n) is 4.17. The molecule has 1 N–H and O–H groups in total. The van der Waals surface area contributed by atoms with E-state index in [1.807, 2.05) is 0 Å². The molecular weight excluding hydrogens is 356 g/mol. The number of nitrogens with zero attached hydrogens (tertiary/aromatic N) is 2. The summed E-state index contributed by atoms with van der Waals surface area (Å²) >= 11 is 23.7. The average molecular weight is 365 g/mol. The zero-order valence-corrected chi connectivity index (χ0v) is 13.7. The van der Waals surface area contributed by atoms with E-state index in [2.05, 4.69) is 15.3 Å². The monoisotopic (exact) mass is 363 g/mol. The fraction of sp³-hybridized carbons (Fsp3) is 0.154. The van der Waals surface area contributed by atoms with Gasteiger partial charge in [0.2, 0.25) is 0 Å². The highest BCUT2D eigenvalue weighted by Gasteiger charge is 2.20. The van der Waals surface area contributed by atoms with Crippen LogP contribution in [0.15, 0.2) is 24.5 Å². The van der Waals surface area contributed by atoms with Crippen LogP contribution in [0, 0.1) is 0 Å². The molecule has 0 fully saturated rings. The Hall–Kier alpha value is -1.07. The Bertz CT molecular complexity index is 673. The molecule has 0 spiro atoms. The molecule has 1 amide bonds. The summed E-state index contributed by atoms with van der Waals surface area (Å²) in [6.07, 6.45) is 2.87. The molecule has 1 unspecified atom stereocenters. The number of pyridine rings is 2. The number of rotatable bonds is 3. The van der Waals surface area contributed by atoms with Gasteiger partial charge in [-0.3, -0.25) is 9.78 Å². The molecular formula is C13H9Cl4N3O. The van der Waals surface area contributed by atoms with Crippen LogP contribution in [-0.2, 0) is 0 Å². The summed E-state index contributed by atoms with van der Waals surface area (Å²) in [6.45, 7) is 1.73. The molecule has 2 rings (SSSR count). The predicted octanol–water partition coefficient (Wildman–Crippen LogP) is 4.58. The van der Waals surface area contributed by atoms with Crippen molar-refractivity contribution in [2.24, 2.45) is 0 Å². The standard InChI is InChI=1S/C13H9Cl4N3O/c1-6(11-9(16)4-7(14)5-19-11)20-13(21)10-8(15)2-3-18-12(10)17/h2-6H,1H3,(H,20,21). The minimum Gasteiger partial charge on any atom is -0.344 e. The maximum Gasteiger partial charge on any atom is 0.256 e. The number of carbonyl (C=O) groups excluding carboxylic acids is 1. The van der Waals surface area contributed by atoms with Crippen molar-refractivity contribution in [3.63, 3.8) is 0 Å². The van der Waals surface area contributed by atoms with Crippen molar-refractivity contribution >= 4 is 52.3 Å². The van der Waals surface area contributed by atoms with Gasteiger partial charge in [-0.2, -0.15) is 0 Å². The maximum atomic E-state index is 12.2. The summed E-state index contributed by atoms with van der Waals surface area (Å²) in [5.41, 5.74) is 0.600. The molecule has 8 heteroatoms. The Morgan fingerprint density at radius 1 is 1.19 bits per heavy atom. The van der Waals surface area contributed by atoms with Crippen molar-refractivity contribution < 1.29 is 4.79 Å². The third-order valence-electron chi connectivity index (χ3n) is 2.67. The van der Waals surface area contributed by atoms with Gasteiger partial charge in [-0.05, 0) is 19.1 Å². The molecule has 0 bridgehead atoms. The van der Waals surface area contributed by atoms with Gasteiger partial charge in [-0.25, -0.2) is 4.98 Å². The quantitative estimate of drug-likeness (QED) is 0.811. The van der Waals surface area contributed by atoms with Gasteiger partial charge in [0, 0.05) is 12.4 Å². The van der Waals surface area contributed by atoms with Gasteiger partial charge < -0.3 is 5.32 Å². The van der Waals surface area contributed by atoms with Crippen molar-refractivity contribution in [3.8, 4) is 0 Å². The Labute approximate surface area is 141 Å². The first kappa shape index (κ1) is 16.3. The number of amides is 1. The molecule has 110 valence electrons. The lowest BCUT2D eigenvalue weighted by Gasteiger charge is -2.15. The number of carbonyl (C=O) groups is 1. The third kappa shape index (κ3) is 3.77. The van der Waals surface area contributed by atoms with Crippen molar-refractivity contribution in [1.82, 2.24) is 15.3 Å². The fourth-order valence-corrected chi connectivity index (χ4v) is 2.77. The molecule has 0 aliphatic rings. The first-order valence-electron chi connectivity index (χ1n) is 5.82. The summed E-state index contributed by atoms with van der Waals surface area (Å²) in [5, 5.41) is 3.74. The number of nitrogens with one attached hydrogen (secondary N) is 1. The van der Waals surface area contributed by atoms with Gasteiger partial charge in [-0.15, -0.1) is 0 Å². The topological polar surface area (TPSA) is 54.9 Å². The summed E-state index contributed by atoms with van der Waals surface area (Å²) in [6, 6.07) is 2.59. The van der Waals surface area contributed by atoms with Gasteiger partial charge in [0.1, 0.15) is 5.15 Å². The lowest BCUT2D eigenvalue weighted by atomic mass is 10.2. The van der Waals surface area contributed by atoms with E-state index in [0.29, 0.717) is 15.7 Å². The van der Waals surface area contributed by atoms with Gasteiger partial charge >= 0.3 is 0 Å². The minimum absolute atomic E-state index is 0.0300. The second-order valence-corrected chi connectivity index (χ2v) is 5.78. The van der Waals surface area contributed by atoms with Crippen molar-refractivity contribution in [3.05, 3.63) is 56.0 Å². The van der Waals surface area contributed by atoms with Crippen LogP contribution in [0.25, 0.3) is 0 Å². The van der Waals surface area contributed by atoms with Crippen LogP contribution >= 0.6 is 46.4 Å². The maximum absolute atomic E-state index is 12.2. The SMILES string of the molecule is CC(NC(=O)c1c(Cl)ccnc1Cl)c1ncc(Cl)cc1Cl. The smallest absolute Gasteiger partial charge is 0.256 e. The van der Waals surface area contributed by atoms with Crippen LogP contribution in [0.3, 0.4) is 0 Å². The number of halogens is 4. The highest BCUT2D eigenvalue weighted by Crippen LogP contribution is 2.26. The Morgan fingerprint density at radius 3 is 2.52 bits per heavy atom. The van der Waals surface area contributed by atoms with Crippen LogP contribution in [0.2, 0.25) is 20.2 Å². The van der Waals surface area contributed by atoms with Crippen molar-refractivity contribution in [1.29, 1.82) is 0 Å². The van der Waals surface area contributed by atoms with Gasteiger partial charge in [0.15, 0.2) is 0 Å². The van der Waals surface area contributed by atoms with E-state index in [0.717, 1.165) is 0 Å². The van der Waals surface area contributed by atoms with E-state index >= 15 is 0 Å². The molecule has 1 atom stereocenters. The molecule has 0 radical (unpaired) electrons. The number of hydrogen-bond acceptors (Lipinski definition) is 3. The van der Waals surface area contributed by atoms with Crippen molar-refractivity contribution in [2.45, 2.75) is 13.0 Å². The number of aromatic nitrogens is 2. The second kappa shape index (κ2) is 6.79. The molecule has 0 aliphatic carbocycles. The molecule has 0 aromatic carbocycles.